The number of rotatable bonds is 7. The number of aliphatic hydroxyl groups excluding tert-OH is 1. The van der Waals surface area contributed by atoms with E-state index in [1.165, 1.54) is 15.9 Å². The molecule has 0 radical (unpaired) electrons. The zero-order valence-corrected chi connectivity index (χ0v) is 20.4. The van der Waals surface area contributed by atoms with Crippen molar-refractivity contribution in [2.45, 2.75) is 63.4 Å². The molecule has 0 saturated heterocycles. The first-order valence-corrected chi connectivity index (χ1v) is 13.6. The van der Waals surface area contributed by atoms with Gasteiger partial charge in [0, 0.05) is 18.7 Å². The molecule has 3 aromatic carbocycles. The molecule has 1 aliphatic rings. The van der Waals surface area contributed by atoms with Gasteiger partial charge in [-0.25, -0.2) is 0 Å². The molecule has 0 aromatic heterocycles. The number of hydrogen-bond acceptors (Lipinski definition) is 3. The maximum absolute atomic E-state index is 10.9. The van der Waals surface area contributed by atoms with Crippen molar-refractivity contribution in [3.05, 3.63) is 96.6 Å². The summed E-state index contributed by atoms with van der Waals surface area (Å²) >= 11 is 0. The number of nitrogens with one attached hydrogen (secondary N) is 1. The van der Waals surface area contributed by atoms with Crippen molar-refractivity contribution in [2.24, 2.45) is 0 Å². The topological polar surface area (TPSA) is 41.5 Å². The van der Waals surface area contributed by atoms with Crippen LogP contribution in [0.25, 0.3) is 0 Å². The second-order valence-electron chi connectivity index (χ2n) is 9.91. The van der Waals surface area contributed by atoms with Gasteiger partial charge in [0.2, 0.25) is 0 Å². The molecule has 0 bridgehead atoms. The van der Waals surface area contributed by atoms with E-state index in [0.29, 0.717) is 6.42 Å². The Labute approximate surface area is 193 Å². The molecule has 1 aliphatic carbocycles. The largest absolute Gasteiger partial charge is 0.404 e. The van der Waals surface area contributed by atoms with Gasteiger partial charge in [-0.15, -0.1) is 0 Å². The fourth-order valence-corrected chi connectivity index (χ4v) is 9.78. The van der Waals surface area contributed by atoms with Gasteiger partial charge in [-0.3, -0.25) is 0 Å². The zero-order valence-electron chi connectivity index (χ0n) is 19.4. The molecule has 3 aromatic rings. The standard InChI is InChI=1S/C28H35NO2Si/c1-28(2,3)32(24-15-9-5-10-16-24,25-17-11-6-12-18-25)31-23-19-26(27(30)20-23)29-21-22-13-7-4-8-14-22/h4-18,23,26-27,29-30H,19-21H2,1-3H3/t23?,26-,27-/m1/s1. The van der Waals surface area contributed by atoms with Crippen LogP contribution in [0.1, 0.15) is 39.2 Å². The summed E-state index contributed by atoms with van der Waals surface area (Å²) in [5.41, 5.74) is 1.23. The Hall–Kier alpha value is -2.24. The number of benzene rings is 3. The van der Waals surface area contributed by atoms with Crippen LogP contribution >= 0.6 is 0 Å². The highest BCUT2D eigenvalue weighted by molar-refractivity contribution is 6.99. The van der Waals surface area contributed by atoms with Crippen LogP contribution < -0.4 is 15.7 Å². The zero-order chi connectivity index (χ0) is 22.6. The Bertz CT molecular complexity index is 933. The quantitative estimate of drug-likeness (QED) is 0.535. The van der Waals surface area contributed by atoms with E-state index in [2.05, 4.69) is 111 Å². The van der Waals surface area contributed by atoms with Crippen LogP contribution in [0.3, 0.4) is 0 Å². The Morgan fingerprint density at radius 3 is 1.81 bits per heavy atom. The van der Waals surface area contributed by atoms with Crippen molar-refractivity contribution in [3.63, 3.8) is 0 Å². The molecule has 168 valence electrons. The summed E-state index contributed by atoms with van der Waals surface area (Å²) in [6.45, 7) is 7.66. The molecule has 0 aliphatic heterocycles. The molecular formula is C28H35NO2Si. The molecule has 4 heteroatoms. The van der Waals surface area contributed by atoms with E-state index in [1.807, 2.05) is 6.07 Å². The van der Waals surface area contributed by atoms with Crippen molar-refractivity contribution >= 4 is 18.7 Å². The fourth-order valence-electron chi connectivity index (χ4n) is 5.07. The van der Waals surface area contributed by atoms with E-state index < -0.39 is 14.4 Å². The van der Waals surface area contributed by atoms with Crippen LogP contribution in [0, 0.1) is 0 Å². The normalized spacial score (nSPS) is 21.6. The van der Waals surface area contributed by atoms with Gasteiger partial charge in [0.25, 0.3) is 8.32 Å². The van der Waals surface area contributed by atoms with Crippen molar-refractivity contribution < 1.29 is 9.53 Å². The smallest absolute Gasteiger partial charge is 0.261 e. The van der Waals surface area contributed by atoms with Crippen LogP contribution in [0.2, 0.25) is 5.04 Å². The summed E-state index contributed by atoms with van der Waals surface area (Å²) < 4.78 is 7.23. The van der Waals surface area contributed by atoms with Crippen molar-refractivity contribution in [1.82, 2.24) is 5.32 Å². The second-order valence-corrected chi connectivity index (χ2v) is 14.2. The predicted molar refractivity (Wildman–Crippen MR) is 135 cm³/mol. The van der Waals surface area contributed by atoms with Gasteiger partial charge in [-0.1, -0.05) is 112 Å². The lowest BCUT2D eigenvalue weighted by Gasteiger charge is -2.44. The first-order valence-electron chi connectivity index (χ1n) is 11.6. The van der Waals surface area contributed by atoms with Crippen LogP contribution in [0.5, 0.6) is 0 Å². The van der Waals surface area contributed by atoms with E-state index in [4.69, 9.17) is 4.43 Å². The Balaban J connectivity index is 1.61. The van der Waals surface area contributed by atoms with E-state index in [0.717, 1.165) is 13.0 Å². The molecule has 1 unspecified atom stereocenters. The summed E-state index contributed by atoms with van der Waals surface area (Å²) in [7, 11) is -2.60. The highest BCUT2D eigenvalue weighted by Gasteiger charge is 2.52. The van der Waals surface area contributed by atoms with Gasteiger partial charge >= 0.3 is 0 Å². The molecule has 32 heavy (non-hydrogen) atoms. The van der Waals surface area contributed by atoms with Crippen molar-refractivity contribution in [3.8, 4) is 0 Å². The minimum absolute atomic E-state index is 0.0181. The van der Waals surface area contributed by atoms with E-state index in [1.54, 1.807) is 0 Å². The Morgan fingerprint density at radius 1 is 0.812 bits per heavy atom. The monoisotopic (exact) mass is 445 g/mol. The fraction of sp³-hybridized carbons (Fsp3) is 0.357. The molecule has 0 heterocycles. The van der Waals surface area contributed by atoms with Gasteiger partial charge in [0.1, 0.15) is 0 Å². The molecule has 1 saturated carbocycles. The van der Waals surface area contributed by atoms with Crippen molar-refractivity contribution in [2.75, 3.05) is 0 Å². The first-order chi connectivity index (χ1) is 15.4. The summed E-state index contributed by atoms with van der Waals surface area (Å²) in [5, 5.41) is 16.9. The maximum Gasteiger partial charge on any atom is 0.261 e. The SMILES string of the molecule is CC(C)(C)[Si](OC1C[C@@H](O)[C@H](NCc2ccccc2)C1)(c1ccccc1)c1ccccc1. The average Bonchev–Trinajstić information content (AvgIpc) is 3.16. The second kappa shape index (κ2) is 9.71. The molecule has 3 atom stereocenters. The maximum atomic E-state index is 10.9. The molecule has 0 spiro atoms. The molecule has 3 nitrogen and oxygen atoms in total. The number of aliphatic hydroxyl groups is 1. The molecule has 0 amide bonds. The van der Waals surface area contributed by atoms with E-state index >= 15 is 0 Å². The first kappa shape index (κ1) is 22.9. The predicted octanol–water partition coefficient (Wildman–Crippen LogP) is 4.24. The average molecular weight is 446 g/mol. The highest BCUT2D eigenvalue weighted by Crippen LogP contribution is 2.39. The van der Waals surface area contributed by atoms with Crippen LogP contribution in [0.15, 0.2) is 91.0 Å². The third-order valence-electron chi connectivity index (χ3n) is 6.66. The van der Waals surface area contributed by atoms with Gasteiger partial charge in [-0.05, 0) is 33.8 Å². The minimum Gasteiger partial charge on any atom is -0.404 e. The highest BCUT2D eigenvalue weighted by atomic mass is 28.4. The third-order valence-corrected chi connectivity index (χ3v) is 11.7. The molecule has 4 rings (SSSR count). The Morgan fingerprint density at radius 2 is 1.31 bits per heavy atom. The Kier molecular flexibility index (Phi) is 6.96. The summed E-state index contributed by atoms with van der Waals surface area (Å²) in [4.78, 5) is 0. The number of hydrogen-bond donors (Lipinski definition) is 2. The minimum atomic E-state index is -2.60. The van der Waals surface area contributed by atoms with E-state index in [9.17, 15) is 5.11 Å². The van der Waals surface area contributed by atoms with Crippen LogP contribution in [-0.2, 0) is 11.0 Å². The molecule has 2 N–H and O–H groups in total. The third kappa shape index (κ3) is 4.74. The van der Waals surface area contributed by atoms with Gasteiger partial charge < -0.3 is 14.8 Å². The van der Waals surface area contributed by atoms with Crippen LogP contribution in [0.4, 0.5) is 0 Å². The van der Waals surface area contributed by atoms with Crippen molar-refractivity contribution in [1.29, 1.82) is 0 Å². The summed E-state index contributed by atoms with van der Waals surface area (Å²) in [6.07, 6.45) is 1.10. The van der Waals surface area contributed by atoms with E-state index in [-0.39, 0.29) is 17.2 Å². The molecule has 1 fully saturated rings. The lowest BCUT2D eigenvalue weighted by molar-refractivity contribution is 0.131. The van der Waals surface area contributed by atoms with Gasteiger partial charge in [-0.2, -0.15) is 0 Å². The lowest BCUT2D eigenvalue weighted by Crippen LogP contribution is -2.67. The van der Waals surface area contributed by atoms with Crippen LogP contribution in [-0.4, -0.2) is 31.7 Å². The lowest BCUT2D eigenvalue weighted by atomic mass is 10.2. The summed E-state index contributed by atoms with van der Waals surface area (Å²) in [6, 6.07) is 31.9. The van der Waals surface area contributed by atoms with Gasteiger partial charge in [0.15, 0.2) is 0 Å². The van der Waals surface area contributed by atoms with Gasteiger partial charge in [0.05, 0.1) is 6.10 Å². The molecular weight excluding hydrogens is 410 g/mol. The summed E-state index contributed by atoms with van der Waals surface area (Å²) in [5.74, 6) is 0.